The summed E-state index contributed by atoms with van der Waals surface area (Å²) in [7, 11) is -4.38. The highest BCUT2D eigenvalue weighted by Crippen LogP contribution is 2.27. The molecule has 1 rings (SSSR count). The van der Waals surface area contributed by atoms with Crippen LogP contribution < -0.4 is 0 Å². The Bertz CT molecular complexity index is 611. The molecule has 1 aromatic carbocycles. The van der Waals surface area contributed by atoms with Gasteiger partial charge in [-0.15, -0.1) is 0 Å². The zero-order valence-electron chi connectivity index (χ0n) is 17.0. The van der Waals surface area contributed by atoms with Gasteiger partial charge in [0.1, 0.15) is 10.6 Å². The SMILES string of the molecule is CCCCCCCCCCCCCCCCc1cccc(O)c1S(=O)(=O)O. The van der Waals surface area contributed by atoms with Crippen molar-refractivity contribution in [3.05, 3.63) is 23.8 Å². The summed E-state index contributed by atoms with van der Waals surface area (Å²) < 4.78 is 32.1. The van der Waals surface area contributed by atoms with Crippen LogP contribution in [0.25, 0.3) is 0 Å². The summed E-state index contributed by atoms with van der Waals surface area (Å²) in [5.74, 6) is -0.375. The van der Waals surface area contributed by atoms with Crippen LogP contribution in [0.5, 0.6) is 5.75 Å². The molecule has 0 fully saturated rings. The highest BCUT2D eigenvalue weighted by molar-refractivity contribution is 7.86. The van der Waals surface area contributed by atoms with Crippen LogP contribution in [0.15, 0.2) is 23.1 Å². The molecule has 4 nitrogen and oxygen atoms in total. The van der Waals surface area contributed by atoms with Gasteiger partial charge in [-0.25, -0.2) is 0 Å². The quantitative estimate of drug-likeness (QED) is 0.241. The molecule has 27 heavy (non-hydrogen) atoms. The lowest BCUT2D eigenvalue weighted by atomic mass is 10.0. The number of rotatable bonds is 16. The summed E-state index contributed by atoms with van der Waals surface area (Å²) >= 11 is 0. The molecule has 156 valence electrons. The van der Waals surface area contributed by atoms with E-state index in [4.69, 9.17) is 0 Å². The molecule has 1 aromatic rings. The minimum atomic E-state index is -4.38. The van der Waals surface area contributed by atoms with Gasteiger partial charge in [-0.3, -0.25) is 4.55 Å². The van der Waals surface area contributed by atoms with Crippen LogP contribution in [0.2, 0.25) is 0 Å². The third-order valence-corrected chi connectivity index (χ3v) is 6.12. The molecule has 0 aliphatic heterocycles. The Balaban J connectivity index is 2.05. The van der Waals surface area contributed by atoms with E-state index in [2.05, 4.69) is 6.92 Å². The molecule has 0 saturated carbocycles. The number of benzene rings is 1. The van der Waals surface area contributed by atoms with E-state index in [1.54, 1.807) is 12.1 Å². The molecule has 0 aromatic heterocycles. The fourth-order valence-electron chi connectivity index (χ4n) is 3.58. The van der Waals surface area contributed by atoms with Crippen LogP contribution in [0.4, 0.5) is 0 Å². The number of phenolic OH excluding ortho intramolecular Hbond substituents is 1. The highest BCUT2D eigenvalue weighted by Gasteiger charge is 2.19. The first-order valence-electron chi connectivity index (χ1n) is 10.7. The second kappa shape index (κ2) is 14.0. The van der Waals surface area contributed by atoms with E-state index in [9.17, 15) is 18.1 Å². The zero-order valence-corrected chi connectivity index (χ0v) is 17.8. The molecule has 0 aliphatic rings. The van der Waals surface area contributed by atoms with E-state index in [0.29, 0.717) is 12.0 Å². The number of hydrogen-bond acceptors (Lipinski definition) is 3. The average Bonchev–Trinajstić information content (AvgIpc) is 2.61. The summed E-state index contributed by atoms with van der Waals surface area (Å²) in [6.45, 7) is 2.25. The van der Waals surface area contributed by atoms with Gasteiger partial charge in [-0.05, 0) is 24.5 Å². The molecular weight excluding hydrogens is 360 g/mol. The fourth-order valence-corrected chi connectivity index (χ4v) is 4.41. The average molecular weight is 399 g/mol. The second-order valence-electron chi connectivity index (χ2n) is 7.59. The minimum Gasteiger partial charge on any atom is -0.506 e. The van der Waals surface area contributed by atoms with Crippen molar-refractivity contribution < 1.29 is 18.1 Å². The van der Waals surface area contributed by atoms with Gasteiger partial charge in [0.05, 0.1) is 0 Å². The number of unbranched alkanes of at least 4 members (excludes halogenated alkanes) is 13. The van der Waals surface area contributed by atoms with E-state index in [-0.39, 0.29) is 10.6 Å². The van der Waals surface area contributed by atoms with Crippen molar-refractivity contribution in [3.8, 4) is 5.75 Å². The molecule has 0 amide bonds. The first-order valence-corrected chi connectivity index (χ1v) is 12.2. The highest BCUT2D eigenvalue weighted by atomic mass is 32.2. The molecule has 2 N–H and O–H groups in total. The van der Waals surface area contributed by atoms with Crippen molar-refractivity contribution >= 4 is 10.1 Å². The van der Waals surface area contributed by atoms with Crippen LogP contribution in [-0.2, 0) is 16.5 Å². The van der Waals surface area contributed by atoms with Crippen molar-refractivity contribution in [2.24, 2.45) is 0 Å². The van der Waals surface area contributed by atoms with E-state index < -0.39 is 10.1 Å². The number of aromatic hydroxyl groups is 1. The van der Waals surface area contributed by atoms with Crippen molar-refractivity contribution in [3.63, 3.8) is 0 Å². The predicted molar refractivity (Wildman–Crippen MR) is 112 cm³/mol. The molecule has 0 radical (unpaired) electrons. The molecule has 5 heteroatoms. The van der Waals surface area contributed by atoms with Crippen LogP contribution in [0.1, 0.15) is 102 Å². The van der Waals surface area contributed by atoms with Crippen molar-refractivity contribution in [1.29, 1.82) is 0 Å². The van der Waals surface area contributed by atoms with Gasteiger partial charge in [0.25, 0.3) is 10.1 Å². The molecule has 0 bridgehead atoms. The monoisotopic (exact) mass is 398 g/mol. The van der Waals surface area contributed by atoms with Crippen LogP contribution in [0.3, 0.4) is 0 Å². The molecule has 0 aliphatic carbocycles. The Labute approximate surface area is 166 Å². The lowest BCUT2D eigenvalue weighted by molar-refractivity contribution is 0.440. The second-order valence-corrected chi connectivity index (χ2v) is 8.95. The molecular formula is C22H38O4S. The van der Waals surface area contributed by atoms with Gasteiger partial charge in [-0.1, -0.05) is 103 Å². The number of aryl methyl sites for hydroxylation is 1. The summed E-state index contributed by atoms with van der Waals surface area (Å²) in [6, 6.07) is 4.56. The molecule has 0 saturated heterocycles. The number of phenols is 1. The van der Waals surface area contributed by atoms with Crippen LogP contribution in [0, 0.1) is 0 Å². The molecule has 0 heterocycles. The van der Waals surface area contributed by atoms with E-state index >= 15 is 0 Å². The zero-order chi connectivity index (χ0) is 20.0. The molecule has 0 unspecified atom stereocenters. The lowest BCUT2D eigenvalue weighted by Gasteiger charge is -2.09. The third kappa shape index (κ3) is 10.7. The maximum atomic E-state index is 11.4. The Morgan fingerprint density at radius 2 is 1.19 bits per heavy atom. The molecule has 0 spiro atoms. The third-order valence-electron chi connectivity index (χ3n) is 5.13. The first-order chi connectivity index (χ1) is 13.0. The van der Waals surface area contributed by atoms with Crippen molar-refractivity contribution in [1.82, 2.24) is 0 Å². The van der Waals surface area contributed by atoms with Gasteiger partial charge in [-0.2, -0.15) is 8.42 Å². The van der Waals surface area contributed by atoms with Gasteiger partial charge in [0.15, 0.2) is 0 Å². The smallest absolute Gasteiger partial charge is 0.298 e. The van der Waals surface area contributed by atoms with Gasteiger partial charge in [0.2, 0.25) is 0 Å². The molecule has 0 atom stereocenters. The van der Waals surface area contributed by atoms with Gasteiger partial charge in [0, 0.05) is 0 Å². The first kappa shape index (κ1) is 24.0. The van der Waals surface area contributed by atoms with Gasteiger partial charge >= 0.3 is 0 Å². The largest absolute Gasteiger partial charge is 0.506 e. The Morgan fingerprint density at radius 1 is 0.741 bits per heavy atom. The number of hydrogen-bond donors (Lipinski definition) is 2. The van der Waals surface area contributed by atoms with Crippen molar-refractivity contribution in [2.75, 3.05) is 0 Å². The Kier molecular flexibility index (Phi) is 12.4. The summed E-state index contributed by atoms with van der Waals surface area (Å²) in [6.07, 6.45) is 18.4. The fraction of sp³-hybridized carbons (Fsp3) is 0.727. The van der Waals surface area contributed by atoms with E-state index in [0.717, 1.165) is 19.3 Å². The summed E-state index contributed by atoms with van der Waals surface area (Å²) in [5.41, 5.74) is 0.497. The lowest BCUT2D eigenvalue weighted by Crippen LogP contribution is -2.03. The van der Waals surface area contributed by atoms with E-state index in [1.807, 2.05) is 0 Å². The minimum absolute atomic E-state index is 0.334. The Hall–Kier alpha value is -1.07. The van der Waals surface area contributed by atoms with Crippen LogP contribution >= 0.6 is 0 Å². The Morgan fingerprint density at radius 3 is 1.63 bits per heavy atom. The topological polar surface area (TPSA) is 74.6 Å². The van der Waals surface area contributed by atoms with Gasteiger partial charge < -0.3 is 5.11 Å². The maximum Gasteiger partial charge on any atom is 0.298 e. The maximum absolute atomic E-state index is 11.4. The predicted octanol–water partition coefficient (Wildman–Crippen LogP) is 6.66. The summed E-state index contributed by atoms with van der Waals surface area (Å²) in [4.78, 5) is -0.334. The summed E-state index contributed by atoms with van der Waals surface area (Å²) in [5, 5.41) is 9.70. The van der Waals surface area contributed by atoms with Crippen molar-refractivity contribution in [2.45, 2.75) is 108 Å². The van der Waals surface area contributed by atoms with E-state index in [1.165, 1.54) is 76.7 Å². The standard InChI is InChI=1S/C22H38O4S/c1-2-3-4-5-6-7-8-9-10-11-12-13-14-15-17-20-18-16-19-21(23)22(20)27(24,25)26/h16,18-19,23H,2-15,17H2,1H3,(H,24,25,26). The van der Waals surface area contributed by atoms with Crippen LogP contribution in [-0.4, -0.2) is 18.1 Å². The normalized spacial score (nSPS) is 11.8.